The average molecular weight is 496 g/mol. The summed E-state index contributed by atoms with van der Waals surface area (Å²) in [6, 6.07) is 11.4. The Labute approximate surface area is 213 Å². The summed E-state index contributed by atoms with van der Waals surface area (Å²) in [7, 11) is 0. The second-order valence-electron chi connectivity index (χ2n) is 9.35. The van der Waals surface area contributed by atoms with Crippen LogP contribution in [0.4, 0.5) is 0 Å². The maximum Gasteiger partial charge on any atom is 0.338 e. The second kappa shape index (κ2) is 13.7. The number of hydrogen-bond acceptors (Lipinski definition) is 6. The quantitative estimate of drug-likeness (QED) is 0.305. The Balaban J connectivity index is 1.63. The predicted molar refractivity (Wildman–Crippen MR) is 137 cm³/mol. The number of fused-ring (bicyclic) bond motifs is 1. The minimum Gasteiger partial charge on any atom is -0.508 e. The molecule has 0 saturated carbocycles. The molecule has 7 heteroatoms. The molecule has 36 heavy (non-hydrogen) atoms. The average Bonchev–Trinajstić information content (AvgIpc) is 3.25. The van der Waals surface area contributed by atoms with Crippen molar-refractivity contribution in [2.24, 2.45) is 0 Å². The monoisotopic (exact) mass is 495 g/mol. The number of phenols is 1. The third-order valence-corrected chi connectivity index (χ3v) is 6.48. The number of esters is 2. The van der Waals surface area contributed by atoms with Crippen LogP contribution in [0.1, 0.15) is 85.3 Å². The van der Waals surface area contributed by atoms with E-state index in [1.165, 1.54) is 0 Å². The number of amides is 1. The summed E-state index contributed by atoms with van der Waals surface area (Å²) in [5, 5.41) is 12.6. The zero-order chi connectivity index (χ0) is 25.9. The molecular weight excluding hydrogens is 458 g/mol. The number of phenolic OH excluding ortho intramolecular Hbond substituents is 1. The molecule has 0 aliphatic heterocycles. The molecule has 2 aromatic carbocycles. The number of carbonyl (C=O) groups excluding carboxylic acids is 3. The van der Waals surface area contributed by atoms with Crippen LogP contribution in [0.3, 0.4) is 0 Å². The van der Waals surface area contributed by atoms with Crippen molar-refractivity contribution in [1.29, 1.82) is 0 Å². The van der Waals surface area contributed by atoms with Gasteiger partial charge in [0.05, 0.1) is 18.8 Å². The fraction of sp³-hybridized carbons (Fsp3) is 0.483. The molecule has 0 aromatic heterocycles. The van der Waals surface area contributed by atoms with E-state index in [0.717, 1.165) is 55.2 Å². The van der Waals surface area contributed by atoms with Gasteiger partial charge in [-0.25, -0.2) is 9.59 Å². The highest BCUT2D eigenvalue weighted by Crippen LogP contribution is 2.37. The fourth-order valence-electron chi connectivity index (χ4n) is 4.40. The Bertz CT molecular complexity index is 1030. The zero-order valence-electron chi connectivity index (χ0n) is 21.3. The number of rotatable bonds is 13. The molecule has 2 aromatic rings. The summed E-state index contributed by atoms with van der Waals surface area (Å²) in [6.45, 7) is 4.75. The highest BCUT2D eigenvalue weighted by atomic mass is 16.5. The van der Waals surface area contributed by atoms with E-state index in [2.05, 4.69) is 5.32 Å². The summed E-state index contributed by atoms with van der Waals surface area (Å²) in [5.74, 6) is -0.764. The van der Waals surface area contributed by atoms with Crippen LogP contribution < -0.4 is 5.32 Å². The lowest BCUT2D eigenvalue weighted by molar-refractivity contribution is -0.148. The van der Waals surface area contributed by atoms with Crippen molar-refractivity contribution < 1.29 is 29.0 Å². The molecule has 0 radical (unpaired) electrons. The van der Waals surface area contributed by atoms with Gasteiger partial charge in [0, 0.05) is 12.8 Å². The molecule has 1 unspecified atom stereocenters. The lowest BCUT2D eigenvalue weighted by Crippen LogP contribution is -2.43. The van der Waals surface area contributed by atoms with Crippen molar-refractivity contribution in [2.45, 2.75) is 77.2 Å². The van der Waals surface area contributed by atoms with E-state index in [1.54, 1.807) is 36.4 Å². The number of hydrogen-bond donors (Lipinski definition) is 2. The molecule has 1 aliphatic rings. The van der Waals surface area contributed by atoms with Gasteiger partial charge in [0.15, 0.2) is 0 Å². The number of carbonyl (C=O) groups is 3. The second-order valence-corrected chi connectivity index (χ2v) is 9.35. The van der Waals surface area contributed by atoms with E-state index in [9.17, 15) is 19.5 Å². The van der Waals surface area contributed by atoms with E-state index < -0.39 is 12.0 Å². The summed E-state index contributed by atoms with van der Waals surface area (Å²) in [5.41, 5.74) is 3.40. The van der Waals surface area contributed by atoms with Crippen molar-refractivity contribution in [3.8, 4) is 5.75 Å². The van der Waals surface area contributed by atoms with Crippen LogP contribution in [0.15, 0.2) is 42.5 Å². The summed E-state index contributed by atoms with van der Waals surface area (Å²) in [4.78, 5) is 37.9. The van der Waals surface area contributed by atoms with Crippen LogP contribution in [0, 0.1) is 0 Å². The molecule has 3 rings (SSSR count). The Hall–Kier alpha value is -3.35. The number of ether oxygens (including phenoxy) is 2. The maximum atomic E-state index is 12.9. The minimum absolute atomic E-state index is 0.0513. The maximum absolute atomic E-state index is 12.9. The SMILES string of the molecule is CCCCOC(=O)c1ccc(C[C@H](NC(=O)CC2CCc3cc(O)ccc32)C(=O)OCCCC)cc1. The molecule has 0 heterocycles. The van der Waals surface area contributed by atoms with Crippen molar-refractivity contribution in [2.75, 3.05) is 13.2 Å². The number of aryl methyl sites for hydroxylation is 1. The fourth-order valence-corrected chi connectivity index (χ4v) is 4.40. The van der Waals surface area contributed by atoms with Crippen molar-refractivity contribution in [1.82, 2.24) is 5.32 Å². The van der Waals surface area contributed by atoms with Crippen LogP contribution >= 0.6 is 0 Å². The highest BCUT2D eigenvalue weighted by Gasteiger charge is 2.28. The number of benzene rings is 2. The van der Waals surface area contributed by atoms with Crippen LogP contribution in [-0.4, -0.2) is 42.2 Å². The number of nitrogens with one attached hydrogen (secondary N) is 1. The molecular formula is C29H37NO6. The largest absolute Gasteiger partial charge is 0.508 e. The lowest BCUT2D eigenvalue weighted by Gasteiger charge is -2.19. The normalized spacial score (nSPS) is 15.1. The van der Waals surface area contributed by atoms with Crippen LogP contribution in [0.2, 0.25) is 0 Å². The molecule has 2 N–H and O–H groups in total. The Morgan fingerprint density at radius 3 is 2.39 bits per heavy atom. The molecule has 2 atom stereocenters. The van der Waals surface area contributed by atoms with Crippen LogP contribution in [0.25, 0.3) is 0 Å². The van der Waals surface area contributed by atoms with E-state index in [-0.39, 0.29) is 36.4 Å². The molecule has 7 nitrogen and oxygen atoms in total. The van der Waals surface area contributed by atoms with Gasteiger partial charge in [0.1, 0.15) is 11.8 Å². The zero-order valence-corrected chi connectivity index (χ0v) is 21.3. The van der Waals surface area contributed by atoms with Crippen molar-refractivity contribution in [3.05, 3.63) is 64.7 Å². The number of unbranched alkanes of at least 4 members (excludes halogenated alkanes) is 2. The first-order chi connectivity index (χ1) is 17.4. The van der Waals surface area contributed by atoms with Gasteiger partial charge in [-0.05, 0) is 72.6 Å². The first kappa shape index (κ1) is 27.2. The molecule has 0 fully saturated rings. The molecule has 0 saturated heterocycles. The first-order valence-corrected chi connectivity index (χ1v) is 12.9. The molecule has 1 aliphatic carbocycles. The Morgan fingerprint density at radius 1 is 1.00 bits per heavy atom. The van der Waals surface area contributed by atoms with Crippen molar-refractivity contribution >= 4 is 17.8 Å². The van der Waals surface area contributed by atoms with Gasteiger partial charge in [0.25, 0.3) is 0 Å². The van der Waals surface area contributed by atoms with Crippen LogP contribution in [0.5, 0.6) is 5.75 Å². The predicted octanol–water partition coefficient (Wildman–Crippen LogP) is 4.84. The molecule has 194 valence electrons. The minimum atomic E-state index is -0.822. The van der Waals surface area contributed by atoms with Gasteiger partial charge in [0.2, 0.25) is 5.91 Å². The summed E-state index contributed by atoms with van der Waals surface area (Å²) in [6.07, 6.45) is 5.59. The van der Waals surface area contributed by atoms with E-state index in [4.69, 9.17) is 9.47 Å². The van der Waals surface area contributed by atoms with Crippen molar-refractivity contribution in [3.63, 3.8) is 0 Å². The van der Waals surface area contributed by atoms with Gasteiger partial charge in [-0.3, -0.25) is 4.79 Å². The van der Waals surface area contributed by atoms with Gasteiger partial charge >= 0.3 is 11.9 Å². The van der Waals surface area contributed by atoms with E-state index >= 15 is 0 Å². The van der Waals surface area contributed by atoms with Gasteiger partial charge in [-0.1, -0.05) is 44.9 Å². The molecule has 0 bridgehead atoms. The Kier molecular flexibility index (Phi) is 10.3. The summed E-state index contributed by atoms with van der Waals surface area (Å²) >= 11 is 0. The van der Waals surface area contributed by atoms with Gasteiger partial charge < -0.3 is 19.9 Å². The topological polar surface area (TPSA) is 102 Å². The Morgan fingerprint density at radius 2 is 1.69 bits per heavy atom. The summed E-state index contributed by atoms with van der Waals surface area (Å²) < 4.78 is 10.7. The van der Waals surface area contributed by atoms with Gasteiger partial charge in [-0.2, -0.15) is 0 Å². The third kappa shape index (κ3) is 7.83. The molecule has 0 spiro atoms. The lowest BCUT2D eigenvalue weighted by atomic mass is 9.97. The number of aromatic hydroxyl groups is 1. The first-order valence-electron chi connectivity index (χ1n) is 12.9. The van der Waals surface area contributed by atoms with E-state index in [0.29, 0.717) is 18.8 Å². The highest BCUT2D eigenvalue weighted by molar-refractivity contribution is 5.89. The smallest absolute Gasteiger partial charge is 0.338 e. The third-order valence-electron chi connectivity index (χ3n) is 6.48. The van der Waals surface area contributed by atoms with E-state index in [1.807, 2.05) is 19.9 Å². The molecule has 1 amide bonds. The van der Waals surface area contributed by atoms with Gasteiger partial charge in [-0.15, -0.1) is 0 Å². The van der Waals surface area contributed by atoms with Crippen LogP contribution in [-0.2, 0) is 31.9 Å². The standard InChI is InChI=1S/C29H37NO6/c1-3-5-15-35-28(33)21-9-7-20(8-10-21)17-26(29(34)36-16-6-4-2)30-27(32)19-23-12-11-22-18-24(31)13-14-25(22)23/h7-10,13-14,18,23,26,31H,3-6,11-12,15-17,19H2,1-2H3,(H,30,32)/t23?,26-/m0/s1.